The van der Waals surface area contributed by atoms with Crippen LogP contribution in [-0.4, -0.2) is 17.0 Å². The number of hydrogen-bond donors (Lipinski definition) is 1. The molecule has 0 aliphatic carbocycles. The molecule has 0 aliphatic rings. The van der Waals surface area contributed by atoms with Crippen LogP contribution in [0, 0.1) is 0 Å². The number of carboxylic acids is 1. The molecule has 0 aromatic heterocycles. The average molecular weight is 270 g/mol. The van der Waals surface area contributed by atoms with E-state index < -0.39 is 11.9 Å². The van der Waals surface area contributed by atoms with Crippen LogP contribution in [0.2, 0.25) is 0 Å². The van der Waals surface area contributed by atoms with Crippen LogP contribution in [0.25, 0.3) is 0 Å². The van der Waals surface area contributed by atoms with Crippen LogP contribution in [0.4, 0.5) is 0 Å². The summed E-state index contributed by atoms with van der Waals surface area (Å²) in [6.07, 6.45) is 0.829. The molecule has 0 spiro atoms. The lowest BCUT2D eigenvalue weighted by molar-refractivity contribution is -0.164. The maximum absolute atomic E-state index is 10.8. The fraction of sp³-hybridized carbons (Fsp3) is 0.125. The number of carbonyl (C=O) groups excluding carboxylic acids is 1. The van der Waals surface area contributed by atoms with E-state index in [2.05, 4.69) is 16.9 Å². The molecule has 4 nitrogen and oxygen atoms in total. The number of benzene rings is 2. The van der Waals surface area contributed by atoms with Crippen molar-refractivity contribution in [3.63, 3.8) is 0 Å². The summed E-state index contributed by atoms with van der Waals surface area (Å²) in [5, 5.41) is 8.39. The minimum absolute atomic E-state index is 0.0310. The maximum atomic E-state index is 10.8. The van der Waals surface area contributed by atoms with Crippen molar-refractivity contribution in [2.24, 2.45) is 0 Å². The summed E-state index contributed by atoms with van der Waals surface area (Å²) in [6, 6.07) is 17.6. The molecular formula is C16H14O4. The fourth-order valence-electron chi connectivity index (χ4n) is 1.80. The monoisotopic (exact) mass is 270 g/mol. The van der Waals surface area contributed by atoms with Gasteiger partial charge in [0.15, 0.2) is 0 Å². The first-order valence-electron chi connectivity index (χ1n) is 6.17. The number of ether oxygens (including phenoxy) is 1. The Labute approximate surface area is 116 Å². The summed E-state index contributed by atoms with van der Waals surface area (Å²) in [5.41, 5.74) is 3.12. The van der Waals surface area contributed by atoms with E-state index in [4.69, 9.17) is 5.11 Å². The number of hydrogen-bond acceptors (Lipinski definition) is 3. The van der Waals surface area contributed by atoms with Crippen molar-refractivity contribution in [3.8, 4) is 0 Å². The zero-order valence-corrected chi connectivity index (χ0v) is 10.8. The van der Waals surface area contributed by atoms with Crippen molar-refractivity contribution < 1.29 is 19.4 Å². The summed E-state index contributed by atoms with van der Waals surface area (Å²) in [7, 11) is 0. The van der Waals surface area contributed by atoms with Gasteiger partial charge in [-0.05, 0) is 23.1 Å². The van der Waals surface area contributed by atoms with Gasteiger partial charge in [-0.15, -0.1) is 0 Å². The minimum Gasteiger partial charge on any atom is -0.473 e. The van der Waals surface area contributed by atoms with Gasteiger partial charge in [0.1, 0.15) is 6.61 Å². The molecule has 0 saturated heterocycles. The summed E-state index contributed by atoms with van der Waals surface area (Å²) < 4.78 is 4.61. The van der Waals surface area contributed by atoms with Crippen LogP contribution in [0.15, 0.2) is 54.6 Å². The molecular weight excluding hydrogens is 256 g/mol. The molecule has 0 unspecified atom stereocenters. The lowest BCUT2D eigenvalue weighted by atomic mass is 10.0. The number of aliphatic carboxylic acids is 1. The van der Waals surface area contributed by atoms with Gasteiger partial charge < -0.3 is 9.84 Å². The van der Waals surface area contributed by atoms with Crippen molar-refractivity contribution in [1.82, 2.24) is 0 Å². The SMILES string of the molecule is O=C(O)C(=O)OCc1ccc(Cc2ccccc2)cc1. The summed E-state index contributed by atoms with van der Waals surface area (Å²) in [5.74, 6) is -2.82. The lowest BCUT2D eigenvalue weighted by Crippen LogP contribution is -2.15. The molecule has 0 atom stereocenters. The second-order valence-corrected chi connectivity index (χ2v) is 4.36. The smallest absolute Gasteiger partial charge is 0.417 e. The van der Waals surface area contributed by atoms with Crippen LogP contribution in [-0.2, 0) is 27.4 Å². The van der Waals surface area contributed by atoms with Crippen molar-refractivity contribution in [3.05, 3.63) is 71.3 Å². The Bertz CT molecular complexity index is 588. The van der Waals surface area contributed by atoms with Gasteiger partial charge in [0, 0.05) is 0 Å². The number of esters is 1. The van der Waals surface area contributed by atoms with E-state index in [1.807, 2.05) is 42.5 Å². The van der Waals surface area contributed by atoms with Crippen LogP contribution < -0.4 is 0 Å². The normalized spacial score (nSPS) is 10.0. The lowest BCUT2D eigenvalue weighted by Gasteiger charge is -2.05. The second kappa shape index (κ2) is 6.52. The molecule has 2 aromatic rings. The highest BCUT2D eigenvalue weighted by molar-refractivity contribution is 6.28. The highest BCUT2D eigenvalue weighted by Crippen LogP contribution is 2.11. The first-order chi connectivity index (χ1) is 9.65. The van der Waals surface area contributed by atoms with Gasteiger partial charge in [-0.1, -0.05) is 54.6 Å². The Morgan fingerprint density at radius 1 is 0.850 bits per heavy atom. The standard InChI is InChI=1S/C16H14O4/c17-15(18)16(19)20-11-14-8-6-13(7-9-14)10-12-4-2-1-3-5-12/h1-9H,10-11H2,(H,17,18). The van der Waals surface area contributed by atoms with Crippen molar-refractivity contribution in [2.75, 3.05) is 0 Å². The molecule has 2 rings (SSSR count). The number of carbonyl (C=O) groups is 2. The van der Waals surface area contributed by atoms with Crippen molar-refractivity contribution >= 4 is 11.9 Å². The molecule has 20 heavy (non-hydrogen) atoms. The highest BCUT2D eigenvalue weighted by atomic mass is 16.6. The largest absolute Gasteiger partial charge is 0.473 e. The van der Waals surface area contributed by atoms with Gasteiger partial charge in [0.2, 0.25) is 0 Å². The first-order valence-corrected chi connectivity index (χ1v) is 6.17. The third kappa shape index (κ3) is 3.95. The number of rotatable bonds is 4. The highest BCUT2D eigenvalue weighted by Gasteiger charge is 2.12. The Hall–Kier alpha value is -2.62. The fourth-order valence-corrected chi connectivity index (χ4v) is 1.80. The topological polar surface area (TPSA) is 63.6 Å². The van der Waals surface area contributed by atoms with E-state index in [0.717, 1.165) is 17.5 Å². The van der Waals surface area contributed by atoms with Gasteiger partial charge in [0.05, 0.1) is 0 Å². The van der Waals surface area contributed by atoms with Gasteiger partial charge >= 0.3 is 11.9 Å². The molecule has 4 heteroatoms. The van der Waals surface area contributed by atoms with Crippen molar-refractivity contribution in [1.29, 1.82) is 0 Å². The van der Waals surface area contributed by atoms with Crippen molar-refractivity contribution in [2.45, 2.75) is 13.0 Å². The zero-order valence-electron chi connectivity index (χ0n) is 10.8. The Morgan fingerprint density at radius 2 is 1.40 bits per heavy atom. The Balaban J connectivity index is 1.93. The predicted octanol–water partition coefficient (Wildman–Crippen LogP) is 2.41. The first kappa shape index (κ1) is 13.8. The third-order valence-electron chi connectivity index (χ3n) is 2.82. The number of carboxylic acid groups (broad SMARTS) is 1. The average Bonchev–Trinajstić information content (AvgIpc) is 2.47. The zero-order chi connectivity index (χ0) is 14.4. The molecule has 1 N–H and O–H groups in total. The molecule has 0 fully saturated rings. The third-order valence-corrected chi connectivity index (χ3v) is 2.82. The molecule has 2 aromatic carbocycles. The van der Waals surface area contributed by atoms with Gasteiger partial charge in [-0.2, -0.15) is 0 Å². The molecule has 0 bridgehead atoms. The van der Waals surface area contributed by atoms with E-state index in [0.29, 0.717) is 0 Å². The second-order valence-electron chi connectivity index (χ2n) is 4.36. The van der Waals surface area contributed by atoms with E-state index in [-0.39, 0.29) is 6.61 Å². The molecule has 102 valence electrons. The Kier molecular flexibility index (Phi) is 4.50. The Morgan fingerprint density at radius 3 is 2.00 bits per heavy atom. The predicted molar refractivity (Wildman–Crippen MR) is 73.1 cm³/mol. The quantitative estimate of drug-likeness (QED) is 0.684. The minimum atomic E-state index is -1.58. The van der Waals surface area contributed by atoms with Crippen LogP contribution >= 0.6 is 0 Å². The summed E-state index contributed by atoms with van der Waals surface area (Å²) in [6.45, 7) is -0.0310. The van der Waals surface area contributed by atoms with Crippen LogP contribution in [0.1, 0.15) is 16.7 Å². The van der Waals surface area contributed by atoms with E-state index in [1.54, 1.807) is 0 Å². The van der Waals surface area contributed by atoms with Gasteiger partial charge in [0.25, 0.3) is 0 Å². The molecule has 0 aliphatic heterocycles. The van der Waals surface area contributed by atoms with E-state index in [1.165, 1.54) is 5.56 Å². The summed E-state index contributed by atoms with van der Waals surface area (Å²) >= 11 is 0. The van der Waals surface area contributed by atoms with Crippen LogP contribution in [0.5, 0.6) is 0 Å². The summed E-state index contributed by atoms with van der Waals surface area (Å²) in [4.78, 5) is 21.1. The molecule has 0 radical (unpaired) electrons. The van der Waals surface area contributed by atoms with Gasteiger partial charge in [-0.25, -0.2) is 9.59 Å². The van der Waals surface area contributed by atoms with E-state index >= 15 is 0 Å². The molecule has 0 saturated carbocycles. The maximum Gasteiger partial charge on any atom is 0.417 e. The van der Waals surface area contributed by atoms with Crippen LogP contribution in [0.3, 0.4) is 0 Å². The molecule has 0 heterocycles. The van der Waals surface area contributed by atoms with E-state index in [9.17, 15) is 9.59 Å². The molecule has 0 amide bonds. The van der Waals surface area contributed by atoms with Gasteiger partial charge in [-0.3, -0.25) is 0 Å².